The Hall–Kier alpha value is -3.27. The van der Waals surface area contributed by atoms with Gasteiger partial charge in [0.25, 0.3) is 0 Å². The minimum absolute atomic E-state index is 0.0583. The first-order valence-electron chi connectivity index (χ1n) is 9.96. The summed E-state index contributed by atoms with van der Waals surface area (Å²) in [5, 5.41) is 3.13. The van der Waals surface area contributed by atoms with Crippen molar-refractivity contribution in [2.45, 2.75) is 38.6 Å². The highest BCUT2D eigenvalue weighted by atomic mass is 35.5. The van der Waals surface area contributed by atoms with Crippen molar-refractivity contribution in [2.24, 2.45) is 0 Å². The minimum Gasteiger partial charge on any atom is -0.383 e. The average Bonchev–Trinajstić information content (AvgIpc) is 3.30. The van der Waals surface area contributed by atoms with E-state index in [0.717, 1.165) is 5.69 Å². The second kappa shape index (κ2) is 8.70. The van der Waals surface area contributed by atoms with Gasteiger partial charge in [-0.3, -0.25) is 9.59 Å². The number of benzene rings is 1. The van der Waals surface area contributed by atoms with Crippen LogP contribution in [0.5, 0.6) is 0 Å². The Bertz CT molecular complexity index is 1200. The zero-order chi connectivity index (χ0) is 23.0. The van der Waals surface area contributed by atoms with Gasteiger partial charge in [-0.2, -0.15) is 0 Å². The molecule has 2 amide bonds. The molecule has 0 aliphatic carbocycles. The molecule has 11 heteroatoms. The molecule has 4 rings (SSSR count). The van der Waals surface area contributed by atoms with Crippen LogP contribution in [0, 0.1) is 12.7 Å². The fourth-order valence-corrected chi connectivity index (χ4v) is 4.12. The predicted molar refractivity (Wildman–Crippen MR) is 115 cm³/mol. The van der Waals surface area contributed by atoms with Gasteiger partial charge in [0.2, 0.25) is 11.8 Å². The molecule has 2 aromatic heterocycles. The third-order valence-electron chi connectivity index (χ3n) is 5.58. The molecule has 168 valence electrons. The molecule has 1 aromatic carbocycles. The van der Waals surface area contributed by atoms with Gasteiger partial charge in [-0.15, -0.1) is 0 Å². The SMILES string of the molecule is Cc1cc2c(N)ncnc2n1CC(=O)N1C[C@H](F)C[C@H]1C(=O)NCc1cccc(Cl)c1F. The fourth-order valence-electron chi connectivity index (χ4n) is 3.93. The molecule has 8 nitrogen and oxygen atoms in total. The van der Waals surface area contributed by atoms with Crippen LogP contribution in [0.25, 0.3) is 11.0 Å². The number of likely N-dealkylation sites (tertiary alicyclic amines) is 1. The minimum atomic E-state index is -1.34. The number of nitrogen functional groups attached to an aromatic ring is 1. The van der Waals surface area contributed by atoms with Gasteiger partial charge in [0.15, 0.2) is 0 Å². The van der Waals surface area contributed by atoms with Crippen molar-refractivity contribution in [3.63, 3.8) is 0 Å². The summed E-state index contributed by atoms with van der Waals surface area (Å²) in [4.78, 5) is 35.1. The molecule has 0 saturated carbocycles. The fraction of sp³-hybridized carbons (Fsp3) is 0.333. The number of nitrogens with one attached hydrogen (secondary N) is 1. The van der Waals surface area contributed by atoms with Gasteiger partial charge in [0.05, 0.1) is 17.0 Å². The molecule has 1 aliphatic heterocycles. The zero-order valence-electron chi connectivity index (χ0n) is 17.2. The Kier molecular flexibility index (Phi) is 5.96. The Morgan fingerprint density at radius 1 is 1.34 bits per heavy atom. The van der Waals surface area contributed by atoms with E-state index in [1.807, 2.05) is 0 Å². The van der Waals surface area contributed by atoms with Crippen LogP contribution in [0.2, 0.25) is 5.02 Å². The Morgan fingerprint density at radius 3 is 2.91 bits per heavy atom. The number of hydrogen-bond acceptors (Lipinski definition) is 5. The first-order valence-corrected chi connectivity index (χ1v) is 10.3. The lowest BCUT2D eigenvalue weighted by atomic mass is 10.1. The number of carbonyl (C=O) groups excluding carboxylic acids is 2. The Morgan fingerprint density at radius 2 is 2.12 bits per heavy atom. The normalized spacial score (nSPS) is 18.3. The number of rotatable bonds is 5. The lowest BCUT2D eigenvalue weighted by Gasteiger charge is -2.24. The van der Waals surface area contributed by atoms with Gasteiger partial charge in [0, 0.05) is 24.2 Å². The first kappa shape index (κ1) is 21.9. The molecule has 0 bridgehead atoms. The number of aromatic nitrogens is 3. The number of nitrogens with zero attached hydrogens (tertiary/aromatic N) is 4. The molecule has 3 aromatic rings. The second-order valence-corrected chi connectivity index (χ2v) is 8.10. The summed E-state index contributed by atoms with van der Waals surface area (Å²) in [5.74, 6) is -1.33. The summed E-state index contributed by atoms with van der Waals surface area (Å²) in [6.45, 7) is 1.33. The predicted octanol–water partition coefficient (Wildman–Crippen LogP) is 2.37. The standard InChI is InChI=1S/C21H21ClF2N6O2/c1-11-5-14-19(25)27-10-28-20(14)29(11)9-17(31)30-8-13(23)6-16(30)21(32)26-7-12-3-2-4-15(22)18(12)24/h2-5,10,13,16H,6-9H2,1H3,(H,26,32)(H2,25,27,28)/t13-,16+/m1/s1. The molecular weight excluding hydrogens is 442 g/mol. The van der Waals surface area contributed by atoms with Gasteiger partial charge < -0.3 is 20.5 Å². The van der Waals surface area contributed by atoms with Crippen molar-refractivity contribution >= 4 is 40.3 Å². The van der Waals surface area contributed by atoms with E-state index in [1.165, 1.54) is 23.4 Å². The van der Waals surface area contributed by atoms with Gasteiger partial charge in [-0.05, 0) is 19.1 Å². The van der Waals surface area contributed by atoms with E-state index in [4.69, 9.17) is 17.3 Å². The van der Waals surface area contributed by atoms with Crippen LogP contribution >= 0.6 is 11.6 Å². The lowest BCUT2D eigenvalue weighted by molar-refractivity contribution is -0.139. The number of nitrogens with two attached hydrogens (primary N) is 1. The number of anilines is 1. The summed E-state index contributed by atoms with van der Waals surface area (Å²) in [7, 11) is 0. The van der Waals surface area contributed by atoms with E-state index >= 15 is 0 Å². The van der Waals surface area contributed by atoms with Gasteiger partial charge in [0.1, 0.15) is 42.4 Å². The van der Waals surface area contributed by atoms with Crippen LogP contribution in [0.1, 0.15) is 17.7 Å². The van der Waals surface area contributed by atoms with Crippen LogP contribution in [-0.2, 0) is 22.7 Å². The molecule has 1 aliphatic rings. The Balaban J connectivity index is 1.49. The van der Waals surface area contributed by atoms with Crippen molar-refractivity contribution < 1.29 is 18.4 Å². The third kappa shape index (κ3) is 4.10. The van der Waals surface area contributed by atoms with E-state index < -0.39 is 29.8 Å². The molecule has 3 heterocycles. The summed E-state index contributed by atoms with van der Waals surface area (Å²) >= 11 is 5.76. The van der Waals surface area contributed by atoms with Gasteiger partial charge in [-0.25, -0.2) is 18.7 Å². The molecule has 32 heavy (non-hydrogen) atoms. The highest BCUT2D eigenvalue weighted by Crippen LogP contribution is 2.25. The van der Waals surface area contributed by atoms with Crippen LogP contribution in [0.3, 0.4) is 0 Å². The van der Waals surface area contributed by atoms with E-state index in [9.17, 15) is 18.4 Å². The van der Waals surface area contributed by atoms with Crippen molar-refractivity contribution in [3.05, 3.63) is 52.7 Å². The summed E-state index contributed by atoms with van der Waals surface area (Å²) in [6, 6.07) is 5.23. The van der Waals surface area contributed by atoms with E-state index in [1.54, 1.807) is 23.6 Å². The zero-order valence-corrected chi connectivity index (χ0v) is 17.9. The smallest absolute Gasteiger partial charge is 0.243 e. The molecule has 1 saturated heterocycles. The quantitative estimate of drug-likeness (QED) is 0.605. The summed E-state index contributed by atoms with van der Waals surface area (Å²) in [6.07, 6.45) is -0.162. The van der Waals surface area contributed by atoms with Crippen LogP contribution in [-0.4, -0.2) is 50.0 Å². The van der Waals surface area contributed by atoms with Gasteiger partial charge in [-0.1, -0.05) is 23.7 Å². The molecule has 0 radical (unpaired) electrons. The maximum absolute atomic E-state index is 14.2. The summed E-state index contributed by atoms with van der Waals surface area (Å²) in [5.41, 5.74) is 7.29. The van der Waals surface area contributed by atoms with Crippen molar-refractivity contribution in [1.29, 1.82) is 0 Å². The molecule has 0 unspecified atom stereocenters. The number of carbonyl (C=O) groups is 2. The molecule has 1 fully saturated rings. The average molecular weight is 463 g/mol. The van der Waals surface area contributed by atoms with Gasteiger partial charge >= 0.3 is 0 Å². The first-order chi connectivity index (χ1) is 15.3. The Labute approximate surface area is 187 Å². The summed E-state index contributed by atoms with van der Waals surface area (Å²) < 4.78 is 29.9. The number of aryl methyl sites for hydroxylation is 1. The number of halogens is 3. The molecule has 2 atom stereocenters. The second-order valence-electron chi connectivity index (χ2n) is 7.69. The van der Waals surface area contributed by atoms with Crippen LogP contribution in [0.15, 0.2) is 30.6 Å². The lowest BCUT2D eigenvalue weighted by Crippen LogP contribution is -2.46. The molecular formula is C21H21ClF2N6O2. The van der Waals surface area contributed by atoms with Crippen molar-refractivity contribution in [3.8, 4) is 0 Å². The highest BCUT2D eigenvalue weighted by Gasteiger charge is 2.39. The maximum Gasteiger partial charge on any atom is 0.243 e. The number of hydrogen-bond donors (Lipinski definition) is 2. The maximum atomic E-state index is 14.2. The van der Waals surface area contributed by atoms with Crippen molar-refractivity contribution in [2.75, 3.05) is 12.3 Å². The number of fused-ring (bicyclic) bond motifs is 1. The largest absolute Gasteiger partial charge is 0.383 e. The number of amides is 2. The van der Waals surface area contributed by atoms with Crippen LogP contribution in [0.4, 0.5) is 14.6 Å². The van der Waals surface area contributed by atoms with E-state index in [-0.39, 0.29) is 36.6 Å². The van der Waals surface area contributed by atoms with E-state index in [2.05, 4.69) is 15.3 Å². The van der Waals surface area contributed by atoms with Crippen LogP contribution < -0.4 is 11.1 Å². The number of alkyl halides is 1. The molecule has 0 spiro atoms. The highest BCUT2D eigenvalue weighted by molar-refractivity contribution is 6.30. The topological polar surface area (TPSA) is 106 Å². The van der Waals surface area contributed by atoms with E-state index in [0.29, 0.717) is 16.9 Å². The third-order valence-corrected chi connectivity index (χ3v) is 5.87. The molecule has 3 N–H and O–H groups in total. The van der Waals surface area contributed by atoms with Crippen molar-refractivity contribution in [1.82, 2.24) is 24.8 Å². The monoisotopic (exact) mass is 462 g/mol.